The summed E-state index contributed by atoms with van der Waals surface area (Å²) in [5, 5.41) is 7.17. The molecule has 2 atom stereocenters. The van der Waals surface area contributed by atoms with Crippen molar-refractivity contribution in [3.05, 3.63) is 118 Å². The summed E-state index contributed by atoms with van der Waals surface area (Å²) >= 11 is 6.59. The van der Waals surface area contributed by atoms with Crippen molar-refractivity contribution in [3.8, 4) is 0 Å². The summed E-state index contributed by atoms with van der Waals surface area (Å²) < 4.78 is 43.4. The van der Waals surface area contributed by atoms with Gasteiger partial charge in [0, 0.05) is 32.6 Å². The number of hydrogen-bond donors (Lipinski definition) is 1. The molecule has 0 aliphatic carbocycles. The molecule has 41 heavy (non-hydrogen) atoms. The van der Waals surface area contributed by atoms with Crippen molar-refractivity contribution >= 4 is 23.3 Å². The monoisotopic (exact) mass is 579 g/mol. The van der Waals surface area contributed by atoms with E-state index in [1.54, 1.807) is 29.2 Å². The van der Waals surface area contributed by atoms with Gasteiger partial charge in [-0.25, -0.2) is 4.68 Å². The molecule has 0 unspecified atom stereocenters. The summed E-state index contributed by atoms with van der Waals surface area (Å²) in [7, 11) is 0. The molecule has 0 spiro atoms. The van der Waals surface area contributed by atoms with Crippen LogP contribution in [0.4, 0.5) is 19.0 Å². The normalized spacial score (nSPS) is 19.6. The van der Waals surface area contributed by atoms with Crippen molar-refractivity contribution in [2.75, 3.05) is 31.5 Å². The molecular formula is C31H29ClF3N5O. The number of nitrogens with one attached hydrogen (secondary N) is 1. The van der Waals surface area contributed by atoms with Crippen molar-refractivity contribution in [3.63, 3.8) is 0 Å². The van der Waals surface area contributed by atoms with Gasteiger partial charge in [0.05, 0.1) is 12.1 Å². The van der Waals surface area contributed by atoms with Crippen molar-refractivity contribution in [2.45, 2.75) is 30.7 Å². The third-order valence-electron chi connectivity index (χ3n) is 7.90. The lowest BCUT2D eigenvalue weighted by Gasteiger charge is -2.39. The van der Waals surface area contributed by atoms with Crippen LogP contribution in [-0.2, 0) is 0 Å². The Morgan fingerprint density at radius 3 is 1.93 bits per heavy atom. The molecule has 6 nitrogen and oxygen atoms in total. The van der Waals surface area contributed by atoms with Gasteiger partial charge in [0.15, 0.2) is 11.7 Å². The van der Waals surface area contributed by atoms with E-state index in [9.17, 15) is 18.0 Å². The predicted octanol–water partition coefficient (Wildman–Crippen LogP) is 6.74. The first-order chi connectivity index (χ1) is 19.8. The van der Waals surface area contributed by atoms with Crippen molar-refractivity contribution < 1.29 is 18.0 Å². The maximum Gasteiger partial charge on any atom is 0.410 e. The third kappa shape index (κ3) is 5.44. The minimum absolute atomic E-state index is 0.0179. The van der Waals surface area contributed by atoms with E-state index in [-0.39, 0.29) is 29.0 Å². The molecule has 1 amide bonds. The standard InChI is InChI=1S/C31H29ClF3N5O/c32-26-27(37-40-25(31(33,34)35)20-24(36-29(26)40)21-10-4-1-5-11-21)30(41)39-18-16-38(17-19-39)28(22-12-6-2-7-13-22)23-14-8-3-9-15-23/h1-15,24-25,28,36H,16-20H2/t24-,25-/m1/s1. The highest BCUT2D eigenvalue weighted by Crippen LogP contribution is 2.46. The zero-order valence-electron chi connectivity index (χ0n) is 22.1. The van der Waals surface area contributed by atoms with Gasteiger partial charge >= 0.3 is 6.18 Å². The van der Waals surface area contributed by atoms with Crippen LogP contribution < -0.4 is 5.32 Å². The number of benzene rings is 3. The molecule has 2 aliphatic rings. The Labute approximate surface area is 241 Å². The fraction of sp³-hybridized carbons (Fsp3) is 0.290. The molecule has 212 valence electrons. The Balaban J connectivity index is 1.23. The highest BCUT2D eigenvalue weighted by atomic mass is 35.5. The number of carbonyl (C=O) groups is 1. The molecule has 3 aromatic carbocycles. The maximum absolute atomic E-state index is 14.2. The van der Waals surface area contributed by atoms with Gasteiger partial charge in [0.25, 0.3) is 5.91 Å². The van der Waals surface area contributed by atoms with Gasteiger partial charge in [0.2, 0.25) is 0 Å². The number of amides is 1. The van der Waals surface area contributed by atoms with E-state index in [0.29, 0.717) is 31.7 Å². The van der Waals surface area contributed by atoms with Gasteiger partial charge in [-0.2, -0.15) is 18.3 Å². The van der Waals surface area contributed by atoms with E-state index in [0.717, 1.165) is 15.8 Å². The molecule has 3 heterocycles. The molecule has 0 radical (unpaired) electrons. The molecule has 1 fully saturated rings. The number of alkyl halides is 3. The molecule has 2 aliphatic heterocycles. The Hall–Kier alpha value is -3.82. The fourth-order valence-electron chi connectivity index (χ4n) is 5.85. The van der Waals surface area contributed by atoms with E-state index < -0.39 is 24.2 Å². The third-order valence-corrected chi connectivity index (χ3v) is 8.26. The molecule has 1 aromatic heterocycles. The number of rotatable bonds is 5. The van der Waals surface area contributed by atoms with E-state index in [1.165, 1.54) is 0 Å². The topological polar surface area (TPSA) is 53.4 Å². The number of anilines is 1. The van der Waals surface area contributed by atoms with Gasteiger partial charge in [-0.3, -0.25) is 9.69 Å². The fourth-order valence-corrected chi connectivity index (χ4v) is 6.11. The molecule has 0 saturated carbocycles. The highest BCUT2D eigenvalue weighted by molar-refractivity contribution is 6.36. The Morgan fingerprint density at radius 1 is 0.854 bits per heavy atom. The lowest BCUT2D eigenvalue weighted by atomic mass is 9.96. The summed E-state index contributed by atoms with van der Waals surface area (Å²) in [5.41, 5.74) is 2.86. The lowest BCUT2D eigenvalue weighted by molar-refractivity contribution is -0.173. The van der Waals surface area contributed by atoms with Crippen LogP contribution >= 0.6 is 11.6 Å². The molecule has 1 saturated heterocycles. The molecule has 0 bridgehead atoms. The summed E-state index contributed by atoms with van der Waals surface area (Å²) in [5.74, 6) is -0.448. The SMILES string of the molecule is O=C(c1nn2c(c1Cl)N[C@@H](c1ccccc1)C[C@@H]2C(F)(F)F)N1CCN(C(c2ccccc2)c2ccccc2)CC1. The predicted molar refractivity (Wildman–Crippen MR) is 152 cm³/mol. The lowest BCUT2D eigenvalue weighted by Crippen LogP contribution is -2.50. The number of hydrogen-bond acceptors (Lipinski definition) is 4. The Kier molecular flexibility index (Phi) is 7.48. The minimum Gasteiger partial charge on any atom is -0.362 e. The maximum atomic E-state index is 14.2. The number of aromatic nitrogens is 2. The summed E-state index contributed by atoms with van der Waals surface area (Å²) in [6, 6.07) is 26.8. The first-order valence-corrected chi connectivity index (χ1v) is 14.0. The first-order valence-electron chi connectivity index (χ1n) is 13.6. The van der Waals surface area contributed by atoms with Crippen LogP contribution in [0, 0.1) is 0 Å². The van der Waals surface area contributed by atoms with Crippen LogP contribution in [0.1, 0.15) is 51.7 Å². The van der Waals surface area contributed by atoms with E-state index in [2.05, 4.69) is 39.6 Å². The van der Waals surface area contributed by atoms with Crippen molar-refractivity contribution in [1.29, 1.82) is 0 Å². The summed E-state index contributed by atoms with van der Waals surface area (Å²) in [6.07, 6.45) is -4.82. The molecule has 10 heteroatoms. The smallest absolute Gasteiger partial charge is 0.362 e. The molecular weight excluding hydrogens is 551 g/mol. The average molecular weight is 580 g/mol. The number of fused-ring (bicyclic) bond motifs is 1. The van der Waals surface area contributed by atoms with E-state index in [1.807, 2.05) is 42.5 Å². The average Bonchev–Trinajstić information content (AvgIpc) is 3.34. The summed E-state index contributed by atoms with van der Waals surface area (Å²) in [6.45, 7) is 1.97. The van der Waals surface area contributed by atoms with E-state index in [4.69, 9.17) is 11.6 Å². The second-order valence-corrected chi connectivity index (χ2v) is 10.8. The Morgan fingerprint density at radius 2 is 1.39 bits per heavy atom. The van der Waals surface area contributed by atoms with Gasteiger partial charge in [-0.15, -0.1) is 0 Å². The van der Waals surface area contributed by atoms with Gasteiger partial charge in [-0.1, -0.05) is 103 Å². The number of piperazine rings is 1. The Bertz CT molecular complexity index is 1450. The van der Waals surface area contributed by atoms with Crippen molar-refractivity contribution in [1.82, 2.24) is 19.6 Å². The molecule has 6 rings (SSSR count). The molecule has 1 N–H and O–H groups in total. The van der Waals surface area contributed by atoms with Gasteiger partial charge in [0.1, 0.15) is 10.8 Å². The van der Waals surface area contributed by atoms with Crippen molar-refractivity contribution in [2.24, 2.45) is 0 Å². The minimum atomic E-state index is -4.56. The van der Waals surface area contributed by atoms with Crippen LogP contribution in [0.2, 0.25) is 5.02 Å². The van der Waals surface area contributed by atoms with Crippen LogP contribution in [0.25, 0.3) is 0 Å². The zero-order valence-corrected chi connectivity index (χ0v) is 22.9. The number of nitrogens with zero attached hydrogens (tertiary/aromatic N) is 4. The second kappa shape index (κ2) is 11.2. The number of carbonyl (C=O) groups excluding carboxylic acids is 1. The summed E-state index contributed by atoms with van der Waals surface area (Å²) in [4.78, 5) is 17.5. The largest absolute Gasteiger partial charge is 0.410 e. The van der Waals surface area contributed by atoms with Crippen LogP contribution in [0.5, 0.6) is 0 Å². The van der Waals surface area contributed by atoms with Gasteiger partial charge in [-0.05, 0) is 16.7 Å². The van der Waals surface area contributed by atoms with Crippen LogP contribution in [0.3, 0.4) is 0 Å². The van der Waals surface area contributed by atoms with Crippen LogP contribution in [0.15, 0.2) is 91.0 Å². The number of halogens is 4. The quantitative estimate of drug-likeness (QED) is 0.284. The highest BCUT2D eigenvalue weighted by Gasteiger charge is 2.48. The van der Waals surface area contributed by atoms with Gasteiger partial charge < -0.3 is 10.2 Å². The second-order valence-electron chi connectivity index (χ2n) is 10.4. The first kappa shape index (κ1) is 27.4. The van der Waals surface area contributed by atoms with E-state index >= 15 is 0 Å². The van der Waals surface area contributed by atoms with Crippen LogP contribution in [-0.4, -0.2) is 57.8 Å². The molecule has 4 aromatic rings. The zero-order chi connectivity index (χ0) is 28.6.